The van der Waals surface area contributed by atoms with E-state index in [9.17, 15) is 9.90 Å². The van der Waals surface area contributed by atoms with E-state index >= 15 is 0 Å². The summed E-state index contributed by atoms with van der Waals surface area (Å²) in [6.45, 7) is 2.72. The molecule has 0 fully saturated rings. The average molecular weight is 392 g/mol. The fourth-order valence-electron chi connectivity index (χ4n) is 3.66. The van der Waals surface area contributed by atoms with Gasteiger partial charge in [0.2, 0.25) is 0 Å². The van der Waals surface area contributed by atoms with Crippen LogP contribution >= 0.6 is 0 Å². The third kappa shape index (κ3) is 4.74. The van der Waals surface area contributed by atoms with Crippen LogP contribution in [0.3, 0.4) is 0 Å². The molecule has 0 aliphatic carbocycles. The van der Waals surface area contributed by atoms with E-state index in [0.29, 0.717) is 12.2 Å². The Balaban J connectivity index is 1.89. The van der Waals surface area contributed by atoms with E-state index in [1.54, 1.807) is 19.2 Å². The van der Waals surface area contributed by atoms with Gasteiger partial charge in [0.15, 0.2) is 0 Å². The Morgan fingerprint density at radius 3 is 2.52 bits per heavy atom. The number of unbranched alkanes of at least 4 members (excludes halogenated alkanes) is 1. The van der Waals surface area contributed by atoms with Crippen LogP contribution in [0.1, 0.15) is 52.6 Å². The minimum atomic E-state index is -0.912. The Morgan fingerprint density at radius 1 is 1.14 bits per heavy atom. The van der Waals surface area contributed by atoms with E-state index in [4.69, 9.17) is 9.84 Å². The summed E-state index contributed by atoms with van der Waals surface area (Å²) in [5.74, 6) is -0.912. The zero-order chi connectivity index (χ0) is 20.8. The van der Waals surface area contributed by atoms with Crippen molar-refractivity contribution < 1.29 is 14.6 Å². The normalized spacial score (nSPS) is 11.0. The summed E-state index contributed by atoms with van der Waals surface area (Å²) in [6, 6.07) is 15.2. The van der Waals surface area contributed by atoms with E-state index in [0.717, 1.165) is 48.2 Å². The first kappa shape index (κ1) is 20.8. The molecule has 0 unspecified atom stereocenters. The summed E-state index contributed by atoms with van der Waals surface area (Å²) in [4.78, 5) is 11.5. The van der Waals surface area contributed by atoms with Crippen LogP contribution in [0.4, 0.5) is 0 Å². The summed E-state index contributed by atoms with van der Waals surface area (Å²) >= 11 is 0. The molecule has 0 saturated heterocycles. The van der Waals surface area contributed by atoms with Crippen LogP contribution in [0.5, 0.6) is 0 Å². The SMILES string of the molecule is CCCCc1nn(C)c(COC)c1Cc1ccc(-c2ccccc2C(=O)O)cc1. The topological polar surface area (TPSA) is 64.4 Å². The first-order chi connectivity index (χ1) is 14.0. The van der Waals surface area contributed by atoms with Crippen molar-refractivity contribution in [1.29, 1.82) is 0 Å². The lowest BCUT2D eigenvalue weighted by Gasteiger charge is -2.09. The molecular formula is C24H28N2O3. The van der Waals surface area contributed by atoms with Gasteiger partial charge in [-0.2, -0.15) is 5.10 Å². The molecule has 5 nitrogen and oxygen atoms in total. The second kappa shape index (κ2) is 9.52. The van der Waals surface area contributed by atoms with Gasteiger partial charge < -0.3 is 9.84 Å². The standard InChI is InChI=1S/C24H28N2O3/c1-4-5-10-22-21(23(16-29-3)26(2)25-22)15-17-11-13-18(14-12-17)19-8-6-7-9-20(19)24(27)28/h6-9,11-14H,4-5,10,15-16H2,1-3H3,(H,27,28). The molecule has 1 N–H and O–H groups in total. The highest BCUT2D eigenvalue weighted by Gasteiger charge is 2.17. The molecule has 0 atom stereocenters. The van der Waals surface area contributed by atoms with Gasteiger partial charge >= 0.3 is 5.97 Å². The lowest BCUT2D eigenvalue weighted by atomic mass is 9.96. The number of carbonyl (C=O) groups is 1. The number of benzene rings is 2. The van der Waals surface area contributed by atoms with E-state index in [-0.39, 0.29) is 0 Å². The number of aryl methyl sites for hydroxylation is 2. The number of rotatable bonds is 9. The smallest absolute Gasteiger partial charge is 0.336 e. The highest BCUT2D eigenvalue weighted by atomic mass is 16.5. The third-order valence-electron chi connectivity index (χ3n) is 5.21. The lowest BCUT2D eigenvalue weighted by Crippen LogP contribution is -2.03. The maximum atomic E-state index is 11.5. The van der Waals surface area contributed by atoms with Crippen molar-refractivity contribution in [3.8, 4) is 11.1 Å². The Morgan fingerprint density at radius 2 is 1.86 bits per heavy atom. The zero-order valence-corrected chi connectivity index (χ0v) is 17.3. The van der Waals surface area contributed by atoms with Gasteiger partial charge in [0, 0.05) is 26.1 Å². The molecule has 5 heteroatoms. The van der Waals surface area contributed by atoms with Crippen LogP contribution in [0.2, 0.25) is 0 Å². The second-order valence-corrected chi connectivity index (χ2v) is 7.26. The fraction of sp³-hybridized carbons (Fsp3) is 0.333. The van der Waals surface area contributed by atoms with Gasteiger partial charge in [0.25, 0.3) is 0 Å². The number of hydrogen-bond acceptors (Lipinski definition) is 3. The number of carboxylic acid groups (broad SMARTS) is 1. The molecule has 0 amide bonds. The maximum absolute atomic E-state index is 11.5. The van der Waals surface area contributed by atoms with Crippen molar-refractivity contribution in [3.05, 3.63) is 76.6 Å². The van der Waals surface area contributed by atoms with E-state index in [1.165, 1.54) is 11.1 Å². The van der Waals surface area contributed by atoms with Crippen molar-refractivity contribution >= 4 is 5.97 Å². The molecule has 152 valence electrons. The summed E-state index contributed by atoms with van der Waals surface area (Å²) in [5, 5.41) is 14.2. The van der Waals surface area contributed by atoms with Crippen molar-refractivity contribution in [3.63, 3.8) is 0 Å². The molecule has 1 aromatic heterocycles. The minimum Gasteiger partial charge on any atom is -0.478 e. The molecule has 0 aliphatic rings. The minimum absolute atomic E-state index is 0.316. The lowest BCUT2D eigenvalue weighted by molar-refractivity contribution is 0.0697. The quantitative estimate of drug-likeness (QED) is 0.564. The Bertz CT molecular complexity index is 974. The summed E-state index contributed by atoms with van der Waals surface area (Å²) in [6.07, 6.45) is 3.99. The first-order valence-corrected chi connectivity index (χ1v) is 9.99. The Labute approximate surface area is 172 Å². The Kier molecular flexibility index (Phi) is 6.83. The summed E-state index contributed by atoms with van der Waals surface area (Å²) in [5.41, 5.74) is 6.61. The number of aromatic carboxylic acids is 1. The van der Waals surface area contributed by atoms with Crippen molar-refractivity contribution in [2.24, 2.45) is 7.05 Å². The predicted octanol–water partition coefficient (Wildman–Crippen LogP) is 4.87. The number of hydrogen-bond donors (Lipinski definition) is 1. The zero-order valence-electron chi connectivity index (χ0n) is 17.3. The van der Waals surface area contributed by atoms with Crippen LogP contribution in [-0.2, 0) is 31.2 Å². The molecule has 0 aliphatic heterocycles. The molecule has 0 saturated carbocycles. The average Bonchev–Trinajstić information content (AvgIpc) is 3.02. The van der Waals surface area contributed by atoms with E-state index in [2.05, 4.69) is 19.1 Å². The highest BCUT2D eigenvalue weighted by Crippen LogP contribution is 2.26. The first-order valence-electron chi connectivity index (χ1n) is 9.99. The van der Waals surface area contributed by atoms with Gasteiger partial charge in [-0.1, -0.05) is 55.8 Å². The third-order valence-corrected chi connectivity index (χ3v) is 5.21. The van der Waals surface area contributed by atoms with Gasteiger partial charge in [-0.3, -0.25) is 4.68 Å². The predicted molar refractivity (Wildman–Crippen MR) is 114 cm³/mol. The van der Waals surface area contributed by atoms with Crippen molar-refractivity contribution in [2.45, 2.75) is 39.2 Å². The summed E-state index contributed by atoms with van der Waals surface area (Å²) in [7, 11) is 3.68. The highest BCUT2D eigenvalue weighted by molar-refractivity contribution is 5.95. The van der Waals surface area contributed by atoms with Gasteiger partial charge in [-0.25, -0.2) is 4.79 Å². The molecule has 0 spiro atoms. The van der Waals surface area contributed by atoms with Gasteiger partial charge in [0.05, 0.1) is 23.6 Å². The van der Waals surface area contributed by atoms with Crippen molar-refractivity contribution in [1.82, 2.24) is 9.78 Å². The van der Waals surface area contributed by atoms with E-state index in [1.807, 2.05) is 36.0 Å². The van der Waals surface area contributed by atoms with Crippen LogP contribution in [0, 0.1) is 0 Å². The Hall–Kier alpha value is -2.92. The molecule has 1 heterocycles. The molecular weight excluding hydrogens is 364 g/mol. The fourth-order valence-corrected chi connectivity index (χ4v) is 3.66. The second-order valence-electron chi connectivity index (χ2n) is 7.26. The molecule has 29 heavy (non-hydrogen) atoms. The summed E-state index contributed by atoms with van der Waals surface area (Å²) < 4.78 is 7.33. The molecule has 2 aromatic carbocycles. The van der Waals surface area contributed by atoms with Gasteiger partial charge in [-0.15, -0.1) is 0 Å². The largest absolute Gasteiger partial charge is 0.478 e. The monoisotopic (exact) mass is 392 g/mol. The van der Waals surface area contributed by atoms with Crippen LogP contribution in [0.15, 0.2) is 48.5 Å². The molecule has 0 radical (unpaired) electrons. The van der Waals surface area contributed by atoms with Gasteiger partial charge in [-0.05, 0) is 35.6 Å². The molecule has 3 aromatic rings. The van der Waals surface area contributed by atoms with Crippen LogP contribution in [-0.4, -0.2) is 28.0 Å². The molecule has 0 bridgehead atoms. The number of methoxy groups -OCH3 is 1. The number of carboxylic acids is 1. The maximum Gasteiger partial charge on any atom is 0.336 e. The van der Waals surface area contributed by atoms with E-state index < -0.39 is 5.97 Å². The number of aromatic nitrogens is 2. The van der Waals surface area contributed by atoms with Crippen LogP contribution < -0.4 is 0 Å². The number of ether oxygens (including phenoxy) is 1. The van der Waals surface area contributed by atoms with Gasteiger partial charge in [0.1, 0.15) is 0 Å². The van der Waals surface area contributed by atoms with Crippen LogP contribution in [0.25, 0.3) is 11.1 Å². The number of nitrogens with zero attached hydrogens (tertiary/aromatic N) is 2. The molecule has 3 rings (SSSR count). The van der Waals surface area contributed by atoms with Crippen molar-refractivity contribution in [2.75, 3.05) is 7.11 Å².